The molecule has 6 nitrogen and oxygen atoms in total. The van der Waals surface area contributed by atoms with Gasteiger partial charge < -0.3 is 10.1 Å². The van der Waals surface area contributed by atoms with Gasteiger partial charge in [-0.05, 0) is 51.0 Å². The van der Waals surface area contributed by atoms with E-state index in [1.54, 1.807) is 23.9 Å². The highest BCUT2D eigenvalue weighted by Gasteiger charge is 2.14. The van der Waals surface area contributed by atoms with Crippen LogP contribution in [0.4, 0.5) is 11.6 Å². The molecule has 3 aromatic rings. The minimum atomic E-state index is -0.252. The number of benzene rings is 1. The molecule has 3 rings (SSSR count). The number of nitrogens with zero attached hydrogens (tertiary/aromatic N) is 3. The van der Waals surface area contributed by atoms with Crippen molar-refractivity contribution in [3.8, 4) is 0 Å². The number of pyridine rings is 1. The van der Waals surface area contributed by atoms with Crippen molar-refractivity contribution in [1.82, 2.24) is 14.5 Å². The number of ether oxygens (including phenoxy) is 1. The third kappa shape index (κ3) is 3.82. The number of aryl methyl sites for hydroxylation is 1. The highest BCUT2D eigenvalue weighted by atomic mass is 35.5. The van der Waals surface area contributed by atoms with Crippen molar-refractivity contribution in [2.75, 3.05) is 12.4 Å². The fourth-order valence-electron chi connectivity index (χ4n) is 2.96. The lowest BCUT2D eigenvalue weighted by atomic mass is 10.1. The number of hydrogen-bond acceptors (Lipinski definition) is 5. The van der Waals surface area contributed by atoms with Crippen LogP contribution in [0.15, 0.2) is 35.3 Å². The van der Waals surface area contributed by atoms with Crippen LogP contribution < -0.4 is 10.9 Å². The minimum Gasteiger partial charge on any atom is -0.377 e. The van der Waals surface area contributed by atoms with E-state index in [2.05, 4.69) is 21.4 Å². The average molecular weight is 387 g/mol. The zero-order valence-electron chi connectivity index (χ0n) is 16.1. The smallest absolute Gasteiger partial charge is 0.271 e. The first-order chi connectivity index (χ1) is 12.8. The molecule has 0 spiro atoms. The highest BCUT2D eigenvalue weighted by molar-refractivity contribution is 6.31. The molecular formula is C20H23ClN4O2. The molecule has 7 heteroatoms. The maximum atomic E-state index is 12.4. The third-order valence-electron chi connectivity index (χ3n) is 4.57. The van der Waals surface area contributed by atoms with Crippen LogP contribution in [0.25, 0.3) is 11.0 Å². The van der Waals surface area contributed by atoms with Crippen LogP contribution in [0.5, 0.6) is 0 Å². The summed E-state index contributed by atoms with van der Waals surface area (Å²) in [7, 11) is 1.69. The summed E-state index contributed by atoms with van der Waals surface area (Å²) >= 11 is 6.06. The van der Waals surface area contributed by atoms with Gasteiger partial charge in [-0.3, -0.25) is 9.36 Å². The van der Waals surface area contributed by atoms with Gasteiger partial charge in [0.2, 0.25) is 5.95 Å². The van der Waals surface area contributed by atoms with Gasteiger partial charge in [0.1, 0.15) is 10.7 Å². The number of halogens is 1. The van der Waals surface area contributed by atoms with Gasteiger partial charge in [-0.2, -0.15) is 4.98 Å². The van der Waals surface area contributed by atoms with E-state index in [0.29, 0.717) is 11.6 Å². The van der Waals surface area contributed by atoms with E-state index < -0.39 is 0 Å². The Bertz CT molecular complexity index is 1050. The van der Waals surface area contributed by atoms with Crippen molar-refractivity contribution in [2.45, 2.75) is 39.8 Å². The van der Waals surface area contributed by atoms with E-state index in [1.807, 2.05) is 39.8 Å². The zero-order valence-corrected chi connectivity index (χ0v) is 16.8. The highest BCUT2D eigenvalue weighted by Crippen LogP contribution is 2.25. The molecule has 142 valence electrons. The van der Waals surface area contributed by atoms with E-state index in [-0.39, 0.29) is 22.7 Å². The number of anilines is 2. The average Bonchev–Trinajstić information content (AvgIpc) is 2.63. The van der Waals surface area contributed by atoms with Gasteiger partial charge in [0.15, 0.2) is 0 Å². The summed E-state index contributed by atoms with van der Waals surface area (Å²) < 4.78 is 6.95. The maximum Gasteiger partial charge on any atom is 0.271 e. The van der Waals surface area contributed by atoms with Crippen molar-refractivity contribution in [3.05, 3.63) is 57.0 Å². The summed E-state index contributed by atoms with van der Waals surface area (Å²) in [6.45, 7) is 7.86. The van der Waals surface area contributed by atoms with Gasteiger partial charge in [0.25, 0.3) is 5.56 Å². The van der Waals surface area contributed by atoms with Gasteiger partial charge in [-0.1, -0.05) is 23.7 Å². The van der Waals surface area contributed by atoms with E-state index >= 15 is 0 Å². The number of nitrogens with one attached hydrogen (secondary N) is 1. The van der Waals surface area contributed by atoms with Crippen molar-refractivity contribution in [2.24, 2.45) is 0 Å². The molecule has 2 aromatic heterocycles. The van der Waals surface area contributed by atoms with Crippen LogP contribution in [0.1, 0.15) is 44.0 Å². The predicted molar refractivity (Wildman–Crippen MR) is 109 cm³/mol. The molecule has 0 fully saturated rings. The van der Waals surface area contributed by atoms with Crippen molar-refractivity contribution >= 4 is 34.3 Å². The molecule has 1 unspecified atom stereocenters. The minimum absolute atomic E-state index is 0.0277. The van der Waals surface area contributed by atoms with E-state index in [9.17, 15) is 4.79 Å². The van der Waals surface area contributed by atoms with Crippen molar-refractivity contribution in [1.29, 1.82) is 0 Å². The number of hydrogen-bond donors (Lipinski definition) is 1. The summed E-state index contributed by atoms with van der Waals surface area (Å²) in [5.74, 6) is 0.425. The normalized spacial score (nSPS) is 12.6. The Morgan fingerprint density at radius 1 is 1.22 bits per heavy atom. The van der Waals surface area contributed by atoms with Gasteiger partial charge in [-0.15, -0.1) is 0 Å². The lowest BCUT2D eigenvalue weighted by Gasteiger charge is -2.16. The molecule has 0 aliphatic heterocycles. The summed E-state index contributed by atoms with van der Waals surface area (Å²) in [5.41, 5.74) is 3.35. The molecule has 1 N–H and O–H groups in total. The lowest BCUT2D eigenvalue weighted by molar-refractivity contribution is 0.119. The summed E-state index contributed by atoms with van der Waals surface area (Å²) in [6.07, 6.45) is 1.70. The van der Waals surface area contributed by atoms with Crippen LogP contribution in [0.2, 0.25) is 5.02 Å². The maximum absolute atomic E-state index is 12.4. The quantitative estimate of drug-likeness (QED) is 0.683. The second-order valence-corrected chi connectivity index (χ2v) is 7.22. The van der Waals surface area contributed by atoms with E-state index in [0.717, 1.165) is 22.2 Å². The lowest BCUT2D eigenvalue weighted by Crippen LogP contribution is -2.23. The van der Waals surface area contributed by atoms with Gasteiger partial charge >= 0.3 is 0 Å². The fourth-order valence-corrected chi connectivity index (χ4v) is 3.17. The Labute approximate surface area is 163 Å². The van der Waals surface area contributed by atoms with Gasteiger partial charge in [-0.25, -0.2) is 4.98 Å². The molecule has 0 aliphatic carbocycles. The molecule has 1 atom stereocenters. The van der Waals surface area contributed by atoms with Crippen LogP contribution in [-0.2, 0) is 4.74 Å². The number of rotatable bonds is 5. The molecule has 0 aliphatic rings. The molecule has 0 saturated heterocycles. The number of aromatic nitrogens is 3. The summed E-state index contributed by atoms with van der Waals surface area (Å²) in [4.78, 5) is 21.3. The summed E-state index contributed by atoms with van der Waals surface area (Å²) in [5, 5.41) is 4.13. The largest absolute Gasteiger partial charge is 0.377 e. The predicted octanol–water partition coefficient (Wildman–Crippen LogP) is 4.79. The zero-order chi connectivity index (χ0) is 19.7. The Hall–Kier alpha value is -2.44. The monoisotopic (exact) mass is 386 g/mol. The first-order valence-electron chi connectivity index (χ1n) is 8.80. The SMILES string of the molecule is COC(C)c1ccc(Nc2ncc3cc(Cl)c(=O)n(C(C)C)c3n2)c(C)c1. The molecular weight excluding hydrogens is 364 g/mol. The Morgan fingerprint density at radius 3 is 2.59 bits per heavy atom. The first kappa shape index (κ1) is 19.3. The molecule has 1 aromatic carbocycles. The Kier molecular flexibility index (Phi) is 5.48. The molecule has 27 heavy (non-hydrogen) atoms. The number of fused-ring (bicyclic) bond motifs is 1. The van der Waals surface area contributed by atoms with Gasteiger partial charge in [0.05, 0.1) is 6.10 Å². The third-order valence-corrected chi connectivity index (χ3v) is 4.84. The molecule has 0 radical (unpaired) electrons. The molecule has 2 heterocycles. The van der Waals surface area contributed by atoms with E-state index in [1.165, 1.54) is 0 Å². The number of methoxy groups -OCH3 is 1. The van der Waals surface area contributed by atoms with Crippen molar-refractivity contribution in [3.63, 3.8) is 0 Å². The van der Waals surface area contributed by atoms with E-state index in [4.69, 9.17) is 16.3 Å². The van der Waals surface area contributed by atoms with Crippen LogP contribution >= 0.6 is 11.6 Å². The van der Waals surface area contributed by atoms with Crippen LogP contribution in [0.3, 0.4) is 0 Å². The molecule has 0 bridgehead atoms. The second-order valence-electron chi connectivity index (χ2n) is 6.81. The topological polar surface area (TPSA) is 69.0 Å². The second kappa shape index (κ2) is 7.66. The molecule has 0 amide bonds. The van der Waals surface area contributed by atoms with Crippen LogP contribution in [0, 0.1) is 6.92 Å². The van der Waals surface area contributed by atoms with Crippen LogP contribution in [-0.4, -0.2) is 21.6 Å². The summed E-state index contributed by atoms with van der Waals surface area (Å²) in [6, 6.07) is 7.59. The van der Waals surface area contributed by atoms with Crippen molar-refractivity contribution < 1.29 is 4.74 Å². The van der Waals surface area contributed by atoms with Gasteiger partial charge in [0, 0.05) is 30.4 Å². The first-order valence-corrected chi connectivity index (χ1v) is 9.17. The Morgan fingerprint density at radius 2 is 1.96 bits per heavy atom. The Balaban J connectivity index is 2.02. The standard InChI is InChI=1S/C20H23ClN4O2/c1-11(2)25-18-15(9-16(21)19(25)26)10-22-20(24-18)23-17-7-6-14(8-12(17)3)13(4)27-5/h6-11,13H,1-5H3,(H,22,23,24). The molecule has 0 saturated carbocycles. The fraction of sp³-hybridized carbons (Fsp3) is 0.350.